The van der Waals surface area contributed by atoms with Crippen LogP contribution in [0, 0.1) is 5.92 Å². The first-order chi connectivity index (χ1) is 16.1. The molecule has 170 valence electrons. The van der Waals surface area contributed by atoms with E-state index >= 15 is 0 Å². The average Bonchev–Trinajstić information content (AvgIpc) is 2.88. The molecular formula is C27H28N2O4. The zero-order valence-corrected chi connectivity index (χ0v) is 18.7. The molecule has 1 aliphatic rings. The topological polar surface area (TPSA) is 59.1 Å². The lowest BCUT2D eigenvalue weighted by molar-refractivity contribution is -0.136. The van der Waals surface area contributed by atoms with Crippen molar-refractivity contribution in [3.8, 4) is 17.2 Å². The summed E-state index contributed by atoms with van der Waals surface area (Å²) in [6, 6.07) is 26.4. The standard InChI is InChI=1S/C27H28N2O4/c1-28(22-12-14-25(15-13-22)33-24-10-6-3-7-11-24)27(31)21-16-18-29(19-17-21)26(30)20-32-23-8-4-2-5-9-23/h2-15,21H,16-20H2,1H3. The fourth-order valence-electron chi connectivity index (χ4n) is 3.89. The van der Waals surface area contributed by atoms with Crippen molar-refractivity contribution >= 4 is 17.5 Å². The highest BCUT2D eigenvalue weighted by molar-refractivity contribution is 5.94. The number of nitrogens with zero attached hydrogens (tertiary/aromatic N) is 2. The van der Waals surface area contributed by atoms with E-state index in [4.69, 9.17) is 9.47 Å². The molecule has 1 fully saturated rings. The second-order valence-electron chi connectivity index (χ2n) is 8.06. The zero-order valence-electron chi connectivity index (χ0n) is 18.7. The number of amides is 2. The first-order valence-corrected chi connectivity index (χ1v) is 11.2. The van der Waals surface area contributed by atoms with E-state index in [9.17, 15) is 9.59 Å². The van der Waals surface area contributed by atoms with Crippen LogP contribution in [0.4, 0.5) is 5.69 Å². The van der Waals surface area contributed by atoms with Gasteiger partial charge in [0.25, 0.3) is 5.91 Å². The van der Waals surface area contributed by atoms with Gasteiger partial charge in [-0.05, 0) is 61.4 Å². The van der Waals surface area contributed by atoms with E-state index in [2.05, 4.69) is 0 Å². The van der Waals surface area contributed by atoms with E-state index in [0.29, 0.717) is 31.7 Å². The van der Waals surface area contributed by atoms with Gasteiger partial charge in [0.05, 0.1) is 0 Å². The van der Waals surface area contributed by atoms with Crippen molar-refractivity contribution in [1.29, 1.82) is 0 Å². The number of ether oxygens (including phenoxy) is 2. The second-order valence-corrected chi connectivity index (χ2v) is 8.06. The Morgan fingerprint density at radius 1 is 0.818 bits per heavy atom. The Balaban J connectivity index is 1.26. The van der Waals surface area contributed by atoms with Gasteiger partial charge in [-0.1, -0.05) is 36.4 Å². The number of piperidine rings is 1. The molecule has 6 nitrogen and oxygen atoms in total. The van der Waals surface area contributed by atoms with Crippen LogP contribution < -0.4 is 14.4 Å². The van der Waals surface area contributed by atoms with Gasteiger partial charge in [0.1, 0.15) is 17.2 Å². The maximum absolute atomic E-state index is 13.0. The Morgan fingerprint density at radius 2 is 1.36 bits per heavy atom. The van der Waals surface area contributed by atoms with Gasteiger partial charge in [-0.25, -0.2) is 0 Å². The summed E-state index contributed by atoms with van der Waals surface area (Å²) in [5.74, 6) is 2.08. The molecule has 6 heteroatoms. The maximum Gasteiger partial charge on any atom is 0.260 e. The summed E-state index contributed by atoms with van der Waals surface area (Å²) in [5.41, 5.74) is 0.815. The fraction of sp³-hybridized carbons (Fsp3) is 0.259. The summed E-state index contributed by atoms with van der Waals surface area (Å²) in [5, 5.41) is 0. The molecule has 3 aromatic rings. The van der Waals surface area contributed by atoms with Crippen LogP contribution in [0.1, 0.15) is 12.8 Å². The van der Waals surface area contributed by atoms with Gasteiger partial charge in [0, 0.05) is 31.7 Å². The third-order valence-electron chi connectivity index (χ3n) is 5.84. The summed E-state index contributed by atoms with van der Waals surface area (Å²) >= 11 is 0. The zero-order chi connectivity index (χ0) is 23.0. The van der Waals surface area contributed by atoms with Gasteiger partial charge in [0.15, 0.2) is 6.61 Å². The molecule has 33 heavy (non-hydrogen) atoms. The summed E-state index contributed by atoms with van der Waals surface area (Å²) in [4.78, 5) is 29.0. The number of carbonyl (C=O) groups excluding carboxylic acids is 2. The van der Waals surface area contributed by atoms with Crippen molar-refractivity contribution in [2.24, 2.45) is 5.92 Å². The lowest BCUT2D eigenvalue weighted by atomic mass is 9.95. The third kappa shape index (κ3) is 5.92. The fourth-order valence-corrected chi connectivity index (χ4v) is 3.89. The Bertz CT molecular complexity index is 1050. The molecule has 0 radical (unpaired) electrons. The molecule has 4 rings (SSSR count). The van der Waals surface area contributed by atoms with Crippen molar-refractivity contribution in [2.75, 3.05) is 31.6 Å². The maximum atomic E-state index is 13.0. The van der Waals surface area contributed by atoms with Crippen LogP contribution in [0.15, 0.2) is 84.9 Å². The summed E-state index contributed by atoms with van der Waals surface area (Å²) in [6.07, 6.45) is 1.30. The predicted octanol–water partition coefficient (Wildman–Crippen LogP) is 4.76. The number of anilines is 1. The molecular weight excluding hydrogens is 416 g/mol. The molecule has 0 N–H and O–H groups in total. The number of rotatable bonds is 7. The average molecular weight is 445 g/mol. The number of likely N-dealkylation sites (tertiary alicyclic amines) is 1. The number of carbonyl (C=O) groups is 2. The van der Waals surface area contributed by atoms with Gasteiger partial charge >= 0.3 is 0 Å². The van der Waals surface area contributed by atoms with Gasteiger partial charge in [-0.2, -0.15) is 0 Å². The molecule has 0 aromatic heterocycles. The smallest absolute Gasteiger partial charge is 0.260 e. The lowest BCUT2D eigenvalue weighted by Gasteiger charge is -2.33. The minimum absolute atomic E-state index is 0.0138. The van der Waals surface area contributed by atoms with Crippen LogP contribution >= 0.6 is 0 Å². The van der Waals surface area contributed by atoms with Crippen LogP contribution in [0.2, 0.25) is 0 Å². The van der Waals surface area contributed by atoms with Crippen LogP contribution in [-0.4, -0.2) is 43.5 Å². The second kappa shape index (κ2) is 10.7. The van der Waals surface area contributed by atoms with Crippen LogP contribution in [0.25, 0.3) is 0 Å². The molecule has 3 aromatic carbocycles. The molecule has 0 aliphatic carbocycles. The number of hydrogen-bond acceptors (Lipinski definition) is 4. The van der Waals surface area contributed by atoms with Gasteiger partial charge in [0.2, 0.25) is 5.91 Å². The van der Waals surface area contributed by atoms with Crippen molar-refractivity contribution < 1.29 is 19.1 Å². The highest BCUT2D eigenvalue weighted by atomic mass is 16.5. The van der Waals surface area contributed by atoms with Gasteiger partial charge in [-0.3, -0.25) is 9.59 Å². The Morgan fingerprint density at radius 3 is 1.97 bits per heavy atom. The Labute approximate surface area is 194 Å². The van der Waals surface area contributed by atoms with Crippen molar-refractivity contribution in [1.82, 2.24) is 4.90 Å². The molecule has 0 unspecified atom stereocenters. The minimum Gasteiger partial charge on any atom is -0.484 e. The highest BCUT2D eigenvalue weighted by Gasteiger charge is 2.29. The Hall–Kier alpha value is -3.80. The molecule has 0 saturated carbocycles. The number of hydrogen-bond donors (Lipinski definition) is 0. The third-order valence-corrected chi connectivity index (χ3v) is 5.84. The molecule has 0 spiro atoms. The number of para-hydroxylation sites is 2. The largest absolute Gasteiger partial charge is 0.484 e. The quantitative estimate of drug-likeness (QED) is 0.527. The van der Waals surface area contributed by atoms with Crippen molar-refractivity contribution in [2.45, 2.75) is 12.8 Å². The molecule has 1 aliphatic heterocycles. The van der Waals surface area contributed by atoms with Gasteiger partial charge < -0.3 is 19.3 Å². The molecule has 0 atom stereocenters. The van der Waals surface area contributed by atoms with Crippen LogP contribution in [0.3, 0.4) is 0 Å². The van der Waals surface area contributed by atoms with E-state index in [1.54, 1.807) is 16.8 Å². The highest BCUT2D eigenvalue weighted by Crippen LogP contribution is 2.26. The van der Waals surface area contributed by atoms with E-state index in [1.165, 1.54) is 0 Å². The van der Waals surface area contributed by atoms with E-state index < -0.39 is 0 Å². The molecule has 0 bridgehead atoms. The first kappa shape index (κ1) is 22.4. The molecule has 2 amide bonds. The summed E-state index contributed by atoms with van der Waals surface area (Å²) < 4.78 is 11.4. The predicted molar refractivity (Wildman–Crippen MR) is 128 cm³/mol. The van der Waals surface area contributed by atoms with Gasteiger partial charge in [-0.15, -0.1) is 0 Å². The normalized spacial score (nSPS) is 13.9. The number of benzene rings is 3. The lowest BCUT2D eigenvalue weighted by Crippen LogP contribution is -2.45. The van der Waals surface area contributed by atoms with E-state index in [1.807, 2.05) is 84.9 Å². The van der Waals surface area contributed by atoms with Crippen LogP contribution in [-0.2, 0) is 9.59 Å². The SMILES string of the molecule is CN(C(=O)C1CCN(C(=O)COc2ccccc2)CC1)c1ccc(Oc2ccccc2)cc1. The minimum atomic E-state index is -0.102. The summed E-state index contributed by atoms with van der Waals surface area (Å²) in [7, 11) is 1.79. The van der Waals surface area contributed by atoms with Crippen molar-refractivity contribution in [3.05, 3.63) is 84.9 Å². The first-order valence-electron chi connectivity index (χ1n) is 11.2. The molecule has 1 saturated heterocycles. The van der Waals surface area contributed by atoms with E-state index in [0.717, 1.165) is 17.2 Å². The molecule has 1 heterocycles. The Kier molecular flexibility index (Phi) is 7.25. The monoisotopic (exact) mass is 444 g/mol. The van der Waals surface area contributed by atoms with Crippen molar-refractivity contribution in [3.63, 3.8) is 0 Å². The van der Waals surface area contributed by atoms with E-state index in [-0.39, 0.29) is 24.3 Å². The van der Waals surface area contributed by atoms with Crippen LogP contribution in [0.5, 0.6) is 17.2 Å². The summed E-state index contributed by atoms with van der Waals surface area (Å²) in [6.45, 7) is 1.14.